The maximum atomic E-state index is 11.4. The van der Waals surface area contributed by atoms with Crippen molar-refractivity contribution in [1.82, 2.24) is 5.32 Å². The molecule has 0 saturated heterocycles. The third-order valence-corrected chi connectivity index (χ3v) is 3.71. The van der Waals surface area contributed by atoms with E-state index >= 15 is 0 Å². The van der Waals surface area contributed by atoms with Crippen molar-refractivity contribution < 1.29 is 14.7 Å². The number of hydrogen-bond donors (Lipinski definition) is 2. The number of carboxylic acid groups (broad SMARTS) is 1. The van der Waals surface area contributed by atoms with E-state index in [0.717, 1.165) is 45.1 Å². The van der Waals surface area contributed by atoms with Crippen LogP contribution in [0.1, 0.15) is 38.5 Å². The Morgan fingerprint density at radius 2 is 1.56 bits per heavy atom. The van der Waals surface area contributed by atoms with Crippen LogP contribution in [0, 0.1) is 17.8 Å². The first-order valence-electron chi connectivity index (χ1n) is 6.17. The standard InChI is InChI=1S/C12H19NO3/c14-11(9-5-6-9)13-7-8-1-3-10(4-2-8)12(15)16/h8-10H,1-7H2,(H,13,14)(H,15,16). The molecule has 4 nitrogen and oxygen atoms in total. The van der Waals surface area contributed by atoms with Crippen LogP contribution in [-0.2, 0) is 9.59 Å². The topological polar surface area (TPSA) is 66.4 Å². The second-order valence-electron chi connectivity index (χ2n) is 5.08. The summed E-state index contributed by atoms with van der Waals surface area (Å²) in [6.07, 6.45) is 5.47. The molecule has 0 radical (unpaired) electrons. The fourth-order valence-corrected chi connectivity index (χ4v) is 2.35. The molecule has 2 rings (SSSR count). The van der Waals surface area contributed by atoms with Crippen LogP contribution in [0.5, 0.6) is 0 Å². The molecule has 90 valence electrons. The second kappa shape index (κ2) is 4.85. The largest absolute Gasteiger partial charge is 0.481 e. The number of nitrogens with one attached hydrogen (secondary N) is 1. The summed E-state index contributed by atoms with van der Waals surface area (Å²) in [6.45, 7) is 0.738. The molecule has 0 unspecified atom stereocenters. The lowest BCUT2D eigenvalue weighted by atomic mass is 9.82. The van der Waals surface area contributed by atoms with Crippen molar-refractivity contribution in [3.05, 3.63) is 0 Å². The average Bonchev–Trinajstić information content (AvgIpc) is 3.10. The minimum atomic E-state index is -0.666. The van der Waals surface area contributed by atoms with Gasteiger partial charge in [-0.15, -0.1) is 0 Å². The third kappa shape index (κ3) is 2.97. The van der Waals surface area contributed by atoms with Crippen LogP contribution in [0.2, 0.25) is 0 Å². The molecule has 0 bridgehead atoms. The van der Waals surface area contributed by atoms with E-state index in [2.05, 4.69) is 5.32 Å². The van der Waals surface area contributed by atoms with Gasteiger partial charge >= 0.3 is 5.97 Å². The number of amides is 1. The molecule has 0 atom stereocenters. The molecule has 2 aliphatic carbocycles. The summed E-state index contributed by atoms with van der Waals surface area (Å²) in [5.41, 5.74) is 0. The SMILES string of the molecule is O=C(O)C1CCC(CNC(=O)C2CC2)CC1. The first kappa shape index (κ1) is 11.4. The first-order valence-corrected chi connectivity index (χ1v) is 6.17. The molecule has 4 heteroatoms. The maximum Gasteiger partial charge on any atom is 0.306 e. The molecule has 0 spiro atoms. The van der Waals surface area contributed by atoms with Gasteiger partial charge in [0.15, 0.2) is 0 Å². The van der Waals surface area contributed by atoms with Crippen LogP contribution in [-0.4, -0.2) is 23.5 Å². The van der Waals surface area contributed by atoms with E-state index < -0.39 is 5.97 Å². The molecule has 2 saturated carbocycles. The van der Waals surface area contributed by atoms with Crippen LogP contribution in [0.25, 0.3) is 0 Å². The lowest BCUT2D eigenvalue weighted by Crippen LogP contribution is -2.33. The third-order valence-electron chi connectivity index (χ3n) is 3.71. The van der Waals surface area contributed by atoms with Crippen LogP contribution in [0.15, 0.2) is 0 Å². The number of carboxylic acids is 1. The maximum absolute atomic E-state index is 11.4. The monoisotopic (exact) mass is 225 g/mol. The predicted octanol–water partition coefficient (Wildman–Crippen LogP) is 1.40. The summed E-state index contributed by atoms with van der Waals surface area (Å²) >= 11 is 0. The van der Waals surface area contributed by atoms with E-state index in [0.29, 0.717) is 5.92 Å². The fraction of sp³-hybridized carbons (Fsp3) is 0.833. The summed E-state index contributed by atoms with van der Waals surface area (Å²) in [5, 5.41) is 11.8. The molecule has 2 fully saturated rings. The summed E-state index contributed by atoms with van der Waals surface area (Å²) in [6, 6.07) is 0. The Labute approximate surface area is 95.4 Å². The van der Waals surface area contributed by atoms with Crippen molar-refractivity contribution in [2.45, 2.75) is 38.5 Å². The molecule has 0 aliphatic heterocycles. The van der Waals surface area contributed by atoms with Crippen LogP contribution in [0.3, 0.4) is 0 Å². The van der Waals surface area contributed by atoms with E-state index in [1.54, 1.807) is 0 Å². The van der Waals surface area contributed by atoms with Crippen molar-refractivity contribution in [2.75, 3.05) is 6.54 Å². The second-order valence-corrected chi connectivity index (χ2v) is 5.08. The zero-order valence-electron chi connectivity index (χ0n) is 9.45. The zero-order valence-corrected chi connectivity index (χ0v) is 9.45. The van der Waals surface area contributed by atoms with Gasteiger partial charge in [0.1, 0.15) is 0 Å². The summed E-state index contributed by atoms with van der Waals surface area (Å²) in [4.78, 5) is 22.2. The lowest BCUT2D eigenvalue weighted by Gasteiger charge is -2.26. The highest BCUT2D eigenvalue weighted by Crippen LogP contribution is 2.30. The van der Waals surface area contributed by atoms with Crippen molar-refractivity contribution in [3.63, 3.8) is 0 Å². The fourth-order valence-electron chi connectivity index (χ4n) is 2.35. The Morgan fingerprint density at radius 1 is 1.00 bits per heavy atom. The van der Waals surface area contributed by atoms with E-state index in [1.807, 2.05) is 0 Å². The van der Waals surface area contributed by atoms with Crippen molar-refractivity contribution in [2.24, 2.45) is 17.8 Å². The molecule has 2 N–H and O–H groups in total. The molecule has 1 amide bonds. The molecule has 0 aromatic carbocycles. The minimum Gasteiger partial charge on any atom is -0.481 e. The lowest BCUT2D eigenvalue weighted by molar-refractivity contribution is -0.143. The van der Waals surface area contributed by atoms with Gasteiger partial charge in [-0.1, -0.05) is 0 Å². The quantitative estimate of drug-likeness (QED) is 0.760. The van der Waals surface area contributed by atoms with Gasteiger partial charge in [-0.3, -0.25) is 9.59 Å². The van der Waals surface area contributed by atoms with Crippen molar-refractivity contribution in [1.29, 1.82) is 0 Å². The highest BCUT2D eigenvalue weighted by atomic mass is 16.4. The Kier molecular flexibility index (Phi) is 3.46. The number of hydrogen-bond acceptors (Lipinski definition) is 2. The zero-order chi connectivity index (χ0) is 11.5. The minimum absolute atomic E-state index is 0.157. The smallest absolute Gasteiger partial charge is 0.306 e. The summed E-state index contributed by atoms with van der Waals surface area (Å²) in [7, 11) is 0. The van der Waals surface area contributed by atoms with E-state index in [1.165, 1.54) is 0 Å². The van der Waals surface area contributed by atoms with E-state index in [9.17, 15) is 9.59 Å². The van der Waals surface area contributed by atoms with Crippen LogP contribution < -0.4 is 5.32 Å². The molecular weight excluding hydrogens is 206 g/mol. The number of carbonyl (C=O) groups excluding carboxylic acids is 1. The van der Waals surface area contributed by atoms with Crippen LogP contribution in [0.4, 0.5) is 0 Å². The van der Waals surface area contributed by atoms with Crippen molar-refractivity contribution in [3.8, 4) is 0 Å². The Bertz CT molecular complexity index is 278. The predicted molar refractivity (Wildman–Crippen MR) is 58.8 cm³/mol. The summed E-state index contributed by atoms with van der Waals surface area (Å²) < 4.78 is 0. The van der Waals surface area contributed by atoms with Gasteiger partial charge in [-0.05, 0) is 44.4 Å². The average molecular weight is 225 g/mol. The highest BCUT2D eigenvalue weighted by molar-refractivity contribution is 5.80. The van der Waals surface area contributed by atoms with Crippen molar-refractivity contribution >= 4 is 11.9 Å². The van der Waals surface area contributed by atoms with Gasteiger partial charge in [-0.25, -0.2) is 0 Å². The number of carbonyl (C=O) groups is 2. The Balaban J connectivity index is 1.64. The Hall–Kier alpha value is -1.06. The number of rotatable bonds is 4. The van der Waals surface area contributed by atoms with Gasteiger partial charge in [0.05, 0.1) is 5.92 Å². The molecule has 0 heterocycles. The van der Waals surface area contributed by atoms with Gasteiger partial charge in [0.2, 0.25) is 5.91 Å². The van der Waals surface area contributed by atoms with Gasteiger partial charge in [0, 0.05) is 12.5 Å². The molecule has 2 aliphatic rings. The van der Waals surface area contributed by atoms with Crippen LogP contribution >= 0.6 is 0 Å². The molecular formula is C12H19NO3. The van der Waals surface area contributed by atoms with E-state index in [4.69, 9.17) is 5.11 Å². The van der Waals surface area contributed by atoms with E-state index in [-0.39, 0.29) is 17.7 Å². The molecule has 0 aromatic heterocycles. The van der Waals surface area contributed by atoms with Gasteiger partial charge < -0.3 is 10.4 Å². The Morgan fingerprint density at radius 3 is 2.06 bits per heavy atom. The molecule has 0 aromatic rings. The highest BCUT2D eigenvalue weighted by Gasteiger charge is 2.30. The first-order chi connectivity index (χ1) is 7.66. The molecule has 16 heavy (non-hydrogen) atoms. The van der Waals surface area contributed by atoms with Gasteiger partial charge in [0.25, 0.3) is 0 Å². The van der Waals surface area contributed by atoms with Gasteiger partial charge in [-0.2, -0.15) is 0 Å². The normalized spacial score (nSPS) is 29.8. The number of aliphatic carboxylic acids is 1. The summed E-state index contributed by atoms with van der Waals surface area (Å²) in [5.74, 6) is 0.130.